The van der Waals surface area contributed by atoms with Crippen LogP contribution in [-0.2, 0) is 14.6 Å². The van der Waals surface area contributed by atoms with E-state index in [4.69, 9.17) is 0 Å². The molecule has 0 bridgehead atoms. The second-order valence-corrected chi connectivity index (χ2v) is 8.99. The third-order valence-corrected chi connectivity index (χ3v) is 7.26. The fraction of sp³-hybridized carbons (Fsp3) is 0.588. The Morgan fingerprint density at radius 1 is 1.21 bits per heavy atom. The van der Waals surface area contributed by atoms with Crippen molar-refractivity contribution >= 4 is 28.2 Å². The molecule has 1 aromatic rings. The van der Waals surface area contributed by atoms with Gasteiger partial charge in [-0.2, -0.15) is 0 Å². The van der Waals surface area contributed by atoms with Crippen LogP contribution in [0.15, 0.2) is 30.3 Å². The van der Waals surface area contributed by atoms with Gasteiger partial charge in [-0.05, 0) is 37.9 Å². The van der Waals surface area contributed by atoms with Gasteiger partial charge in [-0.3, -0.25) is 4.79 Å². The highest BCUT2D eigenvalue weighted by atomic mass is 35.5. The molecule has 1 atom stereocenters. The maximum atomic E-state index is 13.1. The van der Waals surface area contributed by atoms with E-state index in [9.17, 15) is 13.2 Å². The topological polar surface area (TPSA) is 66.5 Å². The number of benzene rings is 1. The lowest BCUT2D eigenvalue weighted by Crippen LogP contribution is -2.57. The summed E-state index contributed by atoms with van der Waals surface area (Å²) in [6, 6.07) is 10.1. The average molecular weight is 373 g/mol. The lowest BCUT2D eigenvalue weighted by atomic mass is 9.95. The molecule has 1 amide bonds. The summed E-state index contributed by atoms with van der Waals surface area (Å²) in [5, 5.41) is 3.16. The van der Waals surface area contributed by atoms with Gasteiger partial charge in [0.25, 0.3) is 0 Å². The number of hydrogen-bond donors (Lipinski definition) is 1. The monoisotopic (exact) mass is 372 g/mol. The summed E-state index contributed by atoms with van der Waals surface area (Å²) >= 11 is 0. The highest BCUT2D eigenvalue weighted by Gasteiger charge is 2.51. The van der Waals surface area contributed by atoms with Crippen molar-refractivity contribution < 1.29 is 13.2 Å². The Labute approximate surface area is 150 Å². The largest absolute Gasteiger partial charge is 0.341 e. The first kappa shape index (κ1) is 19.2. The van der Waals surface area contributed by atoms with Gasteiger partial charge in [0.15, 0.2) is 14.6 Å². The zero-order valence-corrected chi connectivity index (χ0v) is 15.5. The second kappa shape index (κ2) is 7.42. The lowest BCUT2D eigenvalue weighted by molar-refractivity contribution is -0.133. The molecule has 0 aliphatic carbocycles. The van der Waals surface area contributed by atoms with Gasteiger partial charge < -0.3 is 10.2 Å². The number of nitrogens with one attached hydrogen (secondary N) is 1. The van der Waals surface area contributed by atoms with Crippen molar-refractivity contribution in [3.05, 3.63) is 35.9 Å². The molecular weight excluding hydrogens is 348 g/mol. The van der Waals surface area contributed by atoms with Crippen LogP contribution in [0.1, 0.15) is 30.7 Å². The molecule has 3 rings (SSSR count). The number of hydrogen-bond acceptors (Lipinski definition) is 4. The molecule has 1 aromatic carbocycles. The van der Waals surface area contributed by atoms with Crippen molar-refractivity contribution in [2.24, 2.45) is 0 Å². The van der Waals surface area contributed by atoms with Crippen molar-refractivity contribution in [1.82, 2.24) is 10.2 Å². The molecule has 0 spiro atoms. The van der Waals surface area contributed by atoms with E-state index in [1.54, 1.807) is 4.90 Å². The SMILES string of the molecule is CS(=O)(=O)C1(C(=O)N2CCC(c3ccccc3)C2)CCNCC1.Cl. The predicted molar refractivity (Wildman–Crippen MR) is 97.3 cm³/mol. The number of likely N-dealkylation sites (tertiary alicyclic amines) is 1. The van der Waals surface area contributed by atoms with E-state index in [1.165, 1.54) is 11.8 Å². The number of nitrogens with zero attached hydrogens (tertiary/aromatic N) is 1. The number of sulfone groups is 1. The van der Waals surface area contributed by atoms with E-state index >= 15 is 0 Å². The van der Waals surface area contributed by atoms with E-state index in [-0.39, 0.29) is 18.3 Å². The summed E-state index contributed by atoms with van der Waals surface area (Å²) in [6.45, 7) is 2.42. The van der Waals surface area contributed by atoms with Crippen LogP contribution in [0, 0.1) is 0 Å². The molecular formula is C17H25ClN2O3S. The zero-order valence-electron chi connectivity index (χ0n) is 13.9. The number of rotatable bonds is 3. The van der Waals surface area contributed by atoms with Crippen molar-refractivity contribution in [2.45, 2.75) is 29.9 Å². The van der Waals surface area contributed by atoms with Crippen molar-refractivity contribution in [3.8, 4) is 0 Å². The maximum absolute atomic E-state index is 13.1. The average Bonchev–Trinajstić information content (AvgIpc) is 3.04. The van der Waals surface area contributed by atoms with Crippen molar-refractivity contribution in [3.63, 3.8) is 0 Å². The molecule has 2 aliphatic rings. The predicted octanol–water partition coefficient (Wildman–Crippen LogP) is 1.59. The Bertz CT molecular complexity index is 672. The van der Waals surface area contributed by atoms with Gasteiger partial charge >= 0.3 is 0 Å². The summed E-state index contributed by atoms with van der Waals surface area (Å²) in [5.74, 6) is 0.110. The quantitative estimate of drug-likeness (QED) is 0.875. The zero-order chi connectivity index (χ0) is 16.5. The minimum absolute atomic E-state index is 0. The summed E-state index contributed by atoms with van der Waals surface area (Å²) in [7, 11) is -3.44. The Balaban J connectivity index is 0.00000208. The normalized spacial score (nSPS) is 23.5. The van der Waals surface area contributed by atoms with Crippen LogP contribution in [-0.4, -0.2) is 56.4 Å². The van der Waals surface area contributed by atoms with Gasteiger partial charge in [-0.15, -0.1) is 12.4 Å². The molecule has 2 saturated heterocycles. The fourth-order valence-electron chi connectivity index (χ4n) is 3.80. The molecule has 1 unspecified atom stereocenters. The third-order valence-electron chi connectivity index (χ3n) is 5.26. The van der Waals surface area contributed by atoms with Crippen LogP contribution in [0.5, 0.6) is 0 Å². The van der Waals surface area contributed by atoms with Crippen LogP contribution in [0.4, 0.5) is 0 Å². The number of piperidine rings is 1. The van der Waals surface area contributed by atoms with E-state index in [0.717, 1.165) is 6.42 Å². The first-order valence-corrected chi connectivity index (χ1v) is 10.1. The van der Waals surface area contributed by atoms with Crippen molar-refractivity contribution in [1.29, 1.82) is 0 Å². The van der Waals surface area contributed by atoms with Gasteiger partial charge in [0, 0.05) is 25.3 Å². The molecule has 0 saturated carbocycles. The van der Waals surface area contributed by atoms with Crippen LogP contribution >= 0.6 is 12.4 Å². The Kier molecular flexibility index (Phi) is 5.94. The molecule has 134 valence electrons. The summed E-state index contributed by atoms with van der Waals surface area (Å²) in [5.41, 5.74) is 1.22. The maximum Gasteiger partial charge on any atom is 0.244 e. The van der Waals surface area contributed by atoms with E-state index in [2.05, 4.69) is 17.4 Å². The number of carbonyl (C=O) groups excluding carboxylic acids is 1. The molecule has 1 N–H and O–H groups in total. The number of carbonyl (C=O) groups is 1. The third kappa shape index (κ3) is 3.46. The van der Waals surface area contributed by atoms with E-state index in [0.29, 0.717) is 44.9 Å². The first-order chi connectivity index (χ1) is 10.9. The van der Waals surface area contributed by atoms with Crippen LogP contribution in [0.2, 0.25) is 0 Å². The highest BCUT2D eigenvalue weighted by molar-refractivity contribution is 7.92. The van der Waals surface area contributed by atoms with Gasteiger partial charge in [0.2, 0.25) is 5.91 Å². The van der Waals surface area contributed by atoms with Crippen LogP contribution < -0.4 is 5.32 Å². The Morgan fingerprint density at radius 2 is 1.83 bits per heavy atom. The molecule has 5 nitrogen and oxygen atoms in total. The Hall–Kier alpha value is -1.11. The second-order valence-electron chi connectivity index (χ2n) is 6.66. The highest BCUT2D eigenvalue weighted by Crippen LogP contribution is 2.34. The number of halogens is 1. The van der Waals surface area contributed by atoms with Gasteiger partial charge in [-0.1, -0.05) is 30.3 Å². The molecule has 7 heteroatoms. The minimum atomic E-state index is -3.44. The van der Waals surface area contributed by atoms with Gasteiger partial charge in [0.1, 0.15) is 0 Å². The summed E-state index contributed by atoms with van der Waals surface area (Å²) in [6.07, 6.45) is 2.85. The van der Waals surface area contributed by atoms with E-state index in [1.807, 2.05) is 18.2 Å². The summed E-state index contributed by atoms with van der Waals surface area (Å²) < 4.78 is 23.5. The Morgan fingerprint density at radius 3 is 2.42 bits per heavy atom. The van der Waals surface area contributed by atoms with Gasteiger partial charge in [-0.25, -0.2) is 8.42 Å². The van der Waals surface area contributed by atoms with Gasteiger partial charge in [0.05, 0.1) is 0 Å². The molecule has 2 heterocycles. The molecule has 0 radical (unpaired) electrons. The van der Waals surface area contributed by atoms with Crippen LogP contribution in [0.3, 0.4) is 0 Å². The minimum Gasteiger partial charge on any atom is -0.341 e. The van der Waals surface area contributed by atoms with Crippen LogP contribution in [0.25, 0.3) is 0 Å². The smallest absolute Gasteiger partial charge is 0.244 e. The summed E-state index contributed by atoms with van der Waals surface area (Å²) in [4.78, 5) is 14.8. The fourth-order valence-corrected chi connectivity index (χ4v) is 5.20. The molecule has 2 aliphatic heterocycles. The molecule has 2 fully saturated rings. The molecule has 24 heavy (non-hydrogen) atoms. The standard InChI is InChI=1S/C17H24N2O3S.ClH/c1-23(21,22)17(8-10-18-11-9-17)16(20)19-12-7-15(13-19)14-5-3-2-4-6-14;/h2-6,15,18H,7-13H2,1H3;1H. The number of amides is 1. The lowest BCUT2D eigenvalue weighted by Gasteiger charge is -2.37. The van der Waals surface area contributed by atoms with Crippen molar-refractivity contribution in [2.75, 3.05) is 32.4 Å². The van der Waals surface area contributed by atoms with E-state index < -0.39 is 14.6 Å². The first-order valence-electron chi connectivity index (χ1n) is 8.19. The molecule has 0 aromatic heterocycles.